The molecule has 2 rings (SSSR count). The van der Waals surface area contributed by atoms with Crippen molar-refractivity contribution in [1.82, 2.24) is 4.98 Å². The molecular formula is C13H12Cl3N3. The van der Waals surface area contributed by atoms with E-state index < -0.39 is 0 Å². The number of hydrogen-bond donors (Lipinski definition) is 2. The van der Waals surface area contributed by atoms with Crippen LogP contribution in [0.3, 0.4) is 0 Å². The minimum Gasteiger partial charge on any atom is -0.383 e. The number of nitrogens with two attached hydrogens (primary N) is 2. The predicted octanol–water partition coefficient (Wildman–Crippen LogP) is 3.87. The summed E-state index contributed by atoms with van der Waals surface area (Å²) < 4.78 is 0. The Morgan fingerprint density at radius 3 is 2.53 bits per heavy atom. The van der Waals surface area contributed by atoms with Gasteiger partial charge in [0.2, 0.25) is 0 Å². The van der Waals surface area contributed by atoms with Crippen LogP contribution in [0.15, 0.2) is 30.5 Å². The first-order chi connectivity index (χ1) is 8.97. The van der Waals surface area contributed by atoms with E-state index in [0.29, 0.717) is 27.3 Å². The predicted molar refractivity (Wildman–Crippen MR) is 80.8 cm³/mol. The van der Waals surface area contributed by atoms with Gasteiger partial charge in [0.1, 0.15) is 5.82 Å². The second-order valence-corrected chi connectivity index (χ2v) is 5.44. The summed E-state index contributed by atoms with van der Waals surface area (Å²) in [6, 6.07) is 6.83. The van der Waals surface area contributed by atoms with Crippen LogP contribution in [0.1, 0.15) is 17.2 Å². The maximum atomic E-state index is 6.13. The zero-order chi connectivity index (χ0) is 14.0. The molecule has 4 N–H and O–H groups in total. The van der Waals surface area contributed by atoms with E-state index in [2.05, 4.69) is 4.98 Å². The number of benzene rings is 1. The van der Waals surface area contributed by atoms with E-state index in [4.69, 9.17) is 46.3 Å². The van der Waals surface area contributed by atoms with Crippen LogP contribution in [0.4, 0.5) is 5.82 Å². The van der Waals surface area contributed by atoms with Crippen molar-refractivity contribution >= 4 is 40.6 Å². The smallest absolute Gasteiger partial charge is 0.128 e. The van der Waals surface area contributed by atoms with Crippen LogP contribution < -0.4 is 11.5 Å². The van der Waals surface area contributed by atoms with Gasteiger partial charge in [0.15, 0.2) is 0 Å². The molecule has 0 amide bonds. The fraction of sp³-hybridized carbons (Fsp3) is 0.154. The summed E-state index contributed by atoms with van der Waals surface area (Å²) in [5.41, 5.74) is 13.6. The summed E-state index contributed by atoms with van der Waals surface area (Å²) in [7, 11) is 0. The summed E-state index contributed by atoms with van der Waals surface area (Å²) in [5, 5.41) is 1.53. The van der Waals surface area contributed by atoms with Crippen molar-refractivity contribution in [2.45, 2.75) is 12.5 Å². The Kier molecular flexibility index (Phi) is 4.53. The van der Waals surface area contributed by atoms with E-state index in [0.717, 1.165) is 11.1 Å². The second kappa shape index (κ2) is 5.97. The molecule has 1 atom stereocenters. The summed E-state index contributed by atoms with van der Waals surface area (Å²) in [4.78, 5) is 3.99. The van der Waals surface area contributed by atoms with Crippen molar-refractivity contribution in [3.8, 4) is 0 Å². The summed E-state index contributed by atoms with van der Waals surface area (Å²) in [6.07, 6.45) is 2.06. The van der Waals surface area contributed by atoms with Gasteiger partial charge in [0, 0.05) is 17.8 Å². The van der Waals surface area contributed by atoms with Gasteiger partial charge in [-0.1, -0.05) is 40.9 Å². The lowest BCUT2D eigenvalue weighted by Gasteiger charge is -2.14. The van der Waals surface area contributed by atoms with Crippen molar-refractivity contribution in [1.29, 1.82) is 0 Å². The van der Waals surface area contributed by atoms with Crippen LogP contribution >= 0.6 is 34.8 Å². The van der Waals surface area contributed by atoms with Gasteiger partial charge in [-0.15, -0.1) is 0 Å². The Morgan fingerprint density at radius 2 is 1.84 bits per heavy atom. The largest absolute Gasteiger partial charge is 0.383 e. The number of nitrogens with zero attached hydrogens (tertiary/aromatic N) is 1. The lowest BCUT2D eigenvalue weighted by atomic mass is 10.0. The molecule has 3 nitrogen and oxygen atoms in total. The first-order valence-electron chi connectivity index (χ1n) is 5.58. The van der Waals surface area contributed by atoms with Gasteiger partial charge in [-0.3, -0.25) is 0 Å². The quantitative estimate of drug-likeness (QED) is 0.903. The van der Waals surface area contributed by atoms with Crippen LogP contribution in [-0.4, -0.2) is 4.98 Å². The third kappa shape index (κ3) is 3.51. The lowest BCUT2D eigenvalue weighted by Crippen LogP contribution is -2.16. The molecule has 0 saturated heterocycles. The van der Waals surface area contributed by atoms with Crippen molar-refractivity contribution in [2.75, 3.05) is 5.73 Å². The van der Waals surface area contributed by atoms with Gasteiger partial charge in [0.25, 0.3) is 0 Å². The number of halogens is 3. The van der Waals surface area contributed by atoms with Crippen molar-refractivity contribution in [3.05, 3.63) is 56.7 Å². The highest BCUT2D eigenvalue weighted by atomic mass is 35.5. The molecule has 1 heterocycles. The second-order valence-electron chi connectivity index (χ2n) is 4.19. The first-order valence-corrected chi connectivity index (χ1v) is 6.71. The van der Waals surface area contributed by atoms with Crippen molar-refractivity contribution in [2.24, 2.45) is 5.73 Å². The molecule has 0 saturated carbocycles. The number of hydrogen-bond acceptors (Lipinski definition) is 3. The van der Waals surface area contributed by atoms with Gasteiger partial charge >= 0.3 is 0 Å². The number of pyridine rings is 1. The monoisotopic (exact) mass is 315 g/mol. The summed E-state index contributed by atoms with van der Waals surface area (Å²) >= 11 is 17.7. The summed E-state index contributed by atoms with van der Waals surface area (Å²) in [5.74, 6) is 0.386. The molecule has 2 aromatic rings. The van der Waals surface area contributed by atoms with Gasteiger partial charge in [-0.25, -0.2) is 4.98 Å². The highest BCUT2D eigenvalue weighted by Crippen LogP contribution is 2.27. The number of anilines is 1. The molecule has 6 heteroatoms. The molecule has 1 aromatic carbocycles. The van der Waals surface area contributed by atoms with Crippen LogP contribution in [0.2, 0.25) is 15.1 Å². The SMILES string of the molecule is Nc1ncc(Cl)cc1C(N)Cc1ccc(Cl)c(Cl)c1. The van der Waals surface area contributed by atoms with Gasteiger partial charge in [-0.05, 0) is 30.2 Å². The van der Waals surface area contributed by atoms with Crippen LogP contribution in [-0.2, 0) is 6.42 Å². The summed E-state index contributed by atoms with van der Waals surface area (Å²) in [6.45, 7) is 0. The Labute approximate surface area is 126 Å². The average Bonchev–Trinajstić information content (AvgIpc) is 2.36. The third-order valence-corrected chi connectivity index (χ3v) is 3.70. The fourth-order valence-corrected chi connectivity index (χ4v) is 2.28. The molecule has 0 fully saturated rings. The zero-order valence-electron chi connectivity index (χ0n) is 9.91. The zero-order valence-corrected chi connectivity index (χ0v) is 12.2. The number of nitrogen functional groups attached to an aromatic ring is 1. The molecule has 0 radical (unpaired) electrons. The highest BCUT2D eigenvalue weighted by molar-refractivity contribution is 6.42. The number of rotatable bonds is 3. The molecule has 19 heavy (non-hydrogen) atoms. The van der Waals surface area contributed by atoms with Crippen LogP contribution in [0, 0.1) is 0 Å². The maximum absolute atomic E-state index is 6.13. The molecule has 0 bridgehead atoms. The molecule has 0 aliphatic heterocycles. The Balaban J connectivity index is 2.22. The maximum Gasteiger partial charge on any atom is 0.128 e. The van der Waals surface area contributed by atoms with E-state index in [1.165, 1.54) is 6.20 Å². The fourth-order valence-electron chi connectivity index (χ4n) is 1.79. The first kappa shape index (κ1) is 14.4. The topological polar surface area (TPSA) is 64.9 Å². The highest BCUT2D eigenvalue weighted by Gasteiger charge is 2.13. The Morgan fingerprint density at radius 1 is 1.11 bits per heavy atom. The minimum absolute atomic E-state index is 0.302. The molecular weight excluding hydrogens is 305 g/mol. The Hall–Kier alpha value is -1.000. The number of aromatic nitrogens is 1. The van der Waals surface area contributed by atoms with E-state index in [9.17, 15) is 0 Å². The third-order valence-electron chi connectivity index (χ3n) is 2.76. The lowest BCUT2D eigenvalue weighted by molar-refractivity contribution is 0.721. The van der Waals surface area contributed by atoms with Gasteiger partial charge in [0.05, 0.1) is 15.1 Å². The van der Waals surface area contributed by atoms with Crippen molar-refractivity contribution < 1.29 is 0 Å². The van der Waals surface area contributed by atoms with E-state index in [1.807, 2.05) is 6.07 Å². The Bertz CT molecular complexity index is 602. The molecule has 1 aromatic heterocycles. The van der Waals surface area contributed by atoms with Crippen LogP contribution in [0.5, 0.6) is 0 Å². The average molecular weight is 317 g/mol. The molecule has 0 aliphatic carbocycles. The minimum atomic E-state index is -0.302. The van der Waals surface area contributed by atoms with E-state index in [1.54, 1.807) is 18.2 Å². The molecule has 0 spiro atoms. The molecule has 100 valence electrons. The van der Waals surface area contributed by atoms with E-state index >= 15 is 0 Å². The molecule has 1 unspecified atom stereocenters. The van der Waals surface area contributed by atoms with Gasteiger partial charge < -0.3 is 11.5 Å². The van der Waals surface area contributed by atoms with E-state index in [-0.39, 0.29) is 6.04 Å². The normalized spacial score (nSPS) is 12.4. The molecule has 0 aliphatic rings. The van der Waals surface area contributed by atoms with Gasteiger partial charge in [-0.2, -0.15) is 0 Å². The standard InChI is InChI=1S/C13H12Cl3N3/c14-8-5-9(13(18)19-6-8)12(17)4-7-1-2-10(15)11(16)3-7/h1-3,5-6,12H,4,17H2,(H2,18,19). The van der Waals surface area contributed by atoms with Crippen LogP contribution in [0.25, 0.3) is 0 Å². The van der Waals surface area contributed by atoms with Crippen molar-refractivity contribution in [3.63, 3.8) is 0 Å².